The number of hydrogen-bond acceptors (Lipinski definition) is 3. The lowest BCUT2D eigenvalue weighted by molar-refractivity contribution is -0.123. The third-order valence-corrected chi connectivity index (χ3v) is 4.48. The minimum atomic E-state index is -0.481. The molecule has 1 heterocycles. The minimum Gasteiger partial charge on any atom is -0.299 e. The number of amides is 2. The average molecular weight is 341 g/mol. The van der Waals surface area contributed by atoms with Crippen molar-refractivity contribution < 1.29 is 14.0 Å². The van der Waals surface area contributed by atoms with Crippen molar-refractivity contribution in [1.29, 1.82) is 0 Å². The molecule has 2 N–H and O–H groups in total. The van der Waals surface area contributed by atoms with Crippen LogP contribution < -0.4 is 10.9 Å². The van der Waals surface area contributed by atoms with Gasteiger partial charge in [0.1, 0.15) is 5.82 Å². The van der Waals surface area contributed by atoms with Gasteiger partial charge in [-0.1, -0.05) is 24.3 Å². The zero-order valence-corrected chi connectivity index (χ0v) is 14.0. The lowest BCUT2D eigenvalue weighted by Gasteiger charge is -2.34. The zero-order valence-electron chi connectivity index (χ0n) is 14.0. The van der Waals surface area contributed by atoms with E-state index >= 15 is 0 Å². The molecule has 0 aliphatic carbocycles. The van der Waals surface area contributed by atoms with Crippen molar-refractivity contribution >= 4 is 11.8 Å². The maximum atomic E-state index is 12.9. The summed E-state index contributed by atoms with van der Waals surface area (Å²) in [6, 6.07) is 13.2. The van der Waals surface area contributed by atoms with Gasteiger partial charge in [0.25, 0.3) is 5.91 Å². The van der Waals surface area contributed by atoms with E-state index < -0.39 is 11.7 Å². The molecule has 0 saturated heterocycles. The maximum Gasteiger partial charge on any atom is 0.269 e. The second kappa shape index (κ2) is 7.44. The Morgan fingerprint density at radius 2 is 1.84 bits per heavy atom. The number of halogens is 1. The first kappa shape index (κ1) is 17.1. The smallest absolute Gasteiger partial charge is 0.269 e. The highest BCUT2D eigenvalue weighted by atomic mass is 19.1. The van der Waals surface area contributed by atoms with Crippen molar-refractivity contribution in [2.24, 2.45) is 0 Å². The molecule has 3 rings (SSSR count). The Hall–Kier alpha value is -2.73. The highest BCUT2D eigenvalue weighted by Crippen LogP contribution is 2.30. The maximum absolute atomic E-state index is 12.9. The quantitative estimate of drug-likeness (QED) is 0.842. The predicted molar refractivity (Wildman–Crippen MR) is 92.1 cm³/mol. The first-order valence-corrected chi connectivity index (χ1v) is 8.17. The summed E-state index contributed by atoms with van der Waals surface area (Å²) in [6.45, 7) is 0.886. The Balaban J connectivity index is 1.59. The molecular weight excluding hydrogens is 321 g/mol. The summed E-state index contributed by atoms with van der Waals surface area (Å²) >= 11 is 0. The molecule has 25 heavy (non-hydrogen) atoms. The van der Waals surface area contributed by atoms with Crippen molar-refractivity contribution in [3.63, 3.8) is 0 Å². The molecule has 1 atom stereocenters. The molecule has 0 aromatic heterocycles. The largest absolute Gasteiger partial charge is 0.299 e. The first-order valence-electron chi connectivity index (χ1n) is 8.17. The predicted octanol–water partition coefficient (Wildman–Crippen LogP) is 2.21. The topological polar surface area (TPSA) is 61.4 Å². The second-order valence-electron chi connectivity index (χ2n) is 6.16. The molecule has 130 valence electrons. The Labute approximate surface area is 145 Å². The molecule has 0 saturated carbocycles. The Morgan fingerprint density at radius 1 is 1.12 bits per heavy atom. The lowest BCUT2D eigenvalue weighted by atomic mass is 9.91. The van der Waals surface area contributed by atoms with Gasteiger partial charge in [-0.25, -0.2) is 4.39 Å². The number of fused-ring (bicyclic) bond motifs is 1. The summed E-state index contributed by atoms with van der Waals surface area (Å²) in [5.41, 5.74) is 7.49. The lowest BCUT2D eigenvalue weighted by Crippen LogP contribution is -2.44. The Kier molecular flexibility index (Phi) is 5.09. The first-order chi connectivity index (χ1) is 12.0. The van der Waals surface area contributed by atoms with E-state index in [0.29, 0.717) is 0 Å². The number of carbonyl (C=O) groups is 2. The van der Waals surface area contributed by atoms with E-state index in [-0.39, 0.29) is 23.9 Å². The number of nitrogens with one attached hydrogen (secondary N) is 2. The Morgan fingerprint density at radius 3 is 2.60 bits per heavy atom. The molecule has 1 aliphatic rings. The van der Waals surface area contributed by atoms with Gasteiger partial charge in [0.15, 0.2) is 0 Å². The molecule has 0 bridgehead atoms. The molecule has 0 radical (unpaired) electrons. The van der Waals surface area contributed by atoms with E-state index in [9.17, 15) is 14.0 Å². The standard InChI is InChI=1S/C19H20FN3O2/c1-23-11-10-13-4-2-3-5-16(13)17(23)12-18(24)21-22-19(25)14-6-8-15(20)9-7-14/h2-9,17H,10-12H2,1H3,(H,21,24)(H,22,25). The van der Waals surface area contributed by atoms with Crippen molar-refractivity contribution in [3.05, 3.63) is 71.0 Å². The van der Waals surface area contributed by atoms with Crippen LogP contribution in [0.5, 0.6) is 0 Å². The van der Waals surface area contributed by atoms with Crippen LogP contribution in [-0.4, -0.2) is 30.3 Å². The van der Waals surface area contributed by atoms with Crippen LogP contribution in [0.3, 0.4) is 0 Å². The van der Waals surface area contributed by atoms with Gasteiger partial charge in [0, 0.05) is 24.6 Å². The second-order valence-corrected chi connectivity index (χ2v) is 6.16. The van der Waals surface area contributed by atoms with Gasteiger partial charge in [-0.2, -0.15) is 0 Å². The number of hydrogen-bond donors (Lipinski definition) is 2. The van der Waals surface area contributed by atoms with E-state index in [2.05, 4.69) is 21.8 Å². The van der Waals surface area contributed by atoms with Gasteiger partial charge in [-0.3, -0.25) is 25.3 Å². The molecule has 5 nitrogen and oxygen atoms in total. The molecule has 0 fully saturated rings. The van der Waals surface area contributed by atoms with E-state index in [1.54, 1.807) is 0 Å². The third kappa shape index (κ3) is 4.03. The van der Waals surface area contributed by atoms with Crippen molar-refractivity contribution in [1.82, 2.24) is 15.8 Å². The minimum absolute atomic E-state index is 0.0207. The molecule has 6 heteroatoms. The number of rotatable bonds is 3. The van der Waals surface area contributed by atoms with Gasteiger partial charge in [-0.15, -0.1) is 0 Å². The molecule has 0 spiro atoms. The van der Waals surface area contributed by atoms with Crippen LogP contribution in [0.25, 0.3) is 0 Å². The summed E-state index contributed by atoms with van der Waals surface area (Å²) < 4.78 is 12.9. The normalized spacial score (nSPS) is 16.8. The van der Waals surface area contributed by atoms with E-state index in [0.717, 1.165) is 18.5 Å². The van der Waals surface area contributed by atoms with Crippen molar-refractivity contribution in [2.45, 2.75) is 18.9 Å². The fraction of sp³-hybridized carbons (Fsp3) is 0.263. The highest BCUT2D eigenvalue weighted by molar-refractivity contribution is 5.95. The van der Waals surface area contributed by atoms with Gasteiger partial charge in [-0.05, 0) is 48.9 Å². The van der Waals surface area contributed by atoms with E-state index in [1.165, 1.54) is 29.8 Å². The third-order valence-electron chi connectivity index (χ3n) is 4.48. The van der Waals surface area contributed by atoms with Gasteiger partial charge in [0.2, 0.25) is 5.91 Å². The summed E-state index contributed by atoms with van der Waals surface area (Å²) in [5, 5.41) is 0. The highest BCUT2D eigenvalue weighted by Gasteiger charge is 2.26. The number of benzene rings is 2. The molecular formula is C19H20FN3O2. The van der Waals surface area contributed by atoms with E-state index in [1.807, 2.05) is 25.2 Å². The monoisotopic (exact) mass is 341 g/mol. The van der Waals surface area contributed by atoms with Crippen LogP contribution in [0, 0.1) is 5.82 Å². The molecule has 2 aromatic rings. The average Bonchev–Trinajstić information content (AvgIpc) is 2.63. The van der Waals surface area contributed by atoms with Crippen LogP contribution in [0.4, 0.5) is 4.39 Å². The summed E-state index contributed by atoms with van der Waals surface area (Å²) in [7, 11) is 1.99. The SMILES string of the molecule is CN1CCc2ccccc2C1CC(=O)NNC(=O)c1ccc(F)cc1. The fourth-order valence-corrected chi connectivity index (χ4v) is 3.07. The molecule has 2 amide bonds. The molecule has 1 unspecified atom stereocenters. The van der Waals surface area contributed by atoms with Gasteiger partial charge in [0.05, 0.1) is 0 Å². The summed E-state index contributed by atoms with van der Waals surface area (Å²) in [4.78, 5) is 26.3. The van der Waals surface area contributed by atoms with Crippen molar-refractivity contribution in [3.8, 4) is 0 Å². The number of likely N-dealkylation sites (N-methyl/N-ethyl adjacent to an activating group) is 1. The zero-order chi connectivity index (χ0) is 17.8. The summed E-state index contributed by atoms with van der Waals surface area (Å²) in [6.07, 6.45) is 1.21. The van der Waals surface area contributed by atoms with Crippen molar-refractivity contribution in [2.75, 3.05) is 13.6 Å². The van der Waals surface area contributed by atoms with Crippen LogP contribution in [0.2, 0.25) is 0 Å². The van der Waals surface area contributed by atoms with Crippen LogP contribution >= 0.6 is 0 Å². The fourth-order valence-electron chi connectivity index (χ4n) is 3.07. The van der Waals surface area contributed by atoms with Crippen LogP contribution in [-0.2, 0) is 11.2 Å². The molecule has 2 aromatic carbocycles. The van der Waals surface area contributed by atoms with Crippen LogP contribution in [0.1, 0.15) is 33.9 Å². The Bertz CT molecular complexity index is 776. The molecule has 1 aliphatic heterocycles. The van der Waals surface area contributed by atoms with Gasteiger partial charge >= 0.3 is 0 Å². The number of nitrogens with zero attached hydrogens (tertiary/aromatic N) is 1. The van der Waals surface area contributed by atoms with Crippen LogP contribution in [0.15, 0.2) is 48.5 Å². The summed E-state index contributed by atoms with van der Waals surface area (Å²) in [5.74, 6) is -1.17. The number of hydrazine groups is 1. The van der Waals surface area contributed by atoms with Gasteiger partial charge < -0.3 is 0 Å². The number of carbonyl (C=O) groups excluding carboxylic acids is 2. The van der Waals surface area contributed by atoms with E-state index in [4.69, 9.17) is 0 Å².